The van der Waals surface area contributed by atoms with Crippen LogP contribution in [0.2, 0.25) is 0 Å². The van der Waals surface area contributed by atoms with Crippen LogP contribution in [0.4, 0.5) is 0 Å². The predicted molar refractivity (Wildman–Crippen MR) is 69.9 cm³/mol. The number of nitrogens with zero attached hydrogens (tertiary/aromatic N) is 1. The number of benzene rings is 1. The molecule has 20 heavy (non-hydrogen) atoms. The molecule has 0 radical (unpaired) electrons. The Kier molecular flexibility index (Phi) is 5.33. The van der Waals surface area contributed by atoms with E-state index in [0.29, 0.717) is 5.56 Å². The van der Waals surface area contributed by atoms with E-state index >= 15 is 0 Å². The van der Waals surface area contributed by atoms with Crippen LogP contribution in [0.3, 0.4) is 0 Å². The Morgan fingerprint density at radius 2 is 2.00 bits per heavy atom. The van der Waals surface area contributed by atoms with Crippen LogP contribution in [-0.2, 0) is 9.59 Å². The van der Waals surface area contributed by atoms with Crippen LogP contribution in [0.1, 0.15) is 18.0 Å². The molecule has 0 amide bonds. The molecule has 1 atom stereocenters. The number of hydrogen-bond acceptors (Lipinski definition) is 5. The molecule has 0 spiro atoms. The zero-order chi connectivity index (χ0) is 15.3. The molecule has 1 aromatic carbocycles. The second kappa shape index (κ2) is 6.76. The number of aromatic hydroxyl groups is 1. The lowest BCUT2D eigenvalue weighted by atomic mass is 10.0. The minimum absolute atomic E-state index is 0.0893. The monoisotopic (exact) mass is 283 g/mol. The summed E-state index contributed by atoms with van der Waals surface area (Å²) in [5.74, 6) is -2.02. The van der Waals surface area contributed by atoms with Gasteiger partial charge in [-0.3, -0.25) is 14.5 Å². The molecule has 3 N–H and O–H groups in total. The maximum absolute atomic E-state index is 11.4. The quantitative estimate of drug-likeness (QED) is 0.683. The molecular formula is C13H17NO6. The number of methoxy groups -OCH3 is 1. The molecule has 7 nitrogen and oxygen atoms in total. The van der Waals surface area contributed by atoms with E-state index in [-0.39, 0.29) is 24.5 Å². The first-order valence-electron chi connectivity index (χ1n) is 5.88. The van der Waals surface area contributed by atoms with Crippen molar-refractivity contribution < 1.29 is 29.6 Å². The van der Waals surface area contributed by atoms with E-state index in [9.17, 15) is 19.8 Å². The van der Waals surface area contributed by atoms with Crippen molar-refractivity contribution in [3.8, 4) is 11.5 Å². The topological polar surface area (TPSA) is 107 Å². The number of hydrogen-bond donors (Lipinski definition) is 3. The van der Waals surface area contributed by atoms with Gasteiger partial charge in [0.15, 0.2) is 11.5 Å². The summed E-state index contributed by atoms with van der Waals surface area (Å²) in [4.78, 5) is 23.3. The second-order valence-corrected chi connectivity index (χ2v) is 4.30. The van der Waals surface area contributed by atoms with Gasteiger partial charge in [-0.2, -0.15) is 0 Å². The molecule has 0 heterocycles. The van der Waals surface area contributed by atoms with Crippen molar-refractivity contribution in [2.75, 3.05) is 20.7 Å². The number of phenols is 1. The molecule has 0 aliphatic heterocycles. The van der Waals surface area contributed by atoms with Crippen molar-refractivity contribution in [1.29, 1.82) is 0 Å². The highest BCUT2D eigenvalue weighted by Gasteiger charge is 2.25. The molecule has 110 valence electrons. The van der Waals surface area contributed by atoms with Crippen LogP contribution in [0, 0.1) is 0 Å². The lowest BCUT2D eigenvalue weighted by molar-refractivity contribution is -0.144. The molecule has 0 aliphatic rings. The molecule has 0 aromatic heterocycles. The van der Waals surface area contributed by atoms with E-state index in [1.807, 2.05) is 0 Å². The third-order valence-corrected chi connectivity index (χ3v) is 2.87. The van der Waals surface area contributed by atoms with Crippen molar-refractivity contribution in [2.45, 2.75) is 12.5 Å². The van der Waals surface area contributed by atoms with Crippen LogP contribution in [0.5, 0.6) is 11.5 Å². The lowest BCUT2D eigenvalue weighted by Gasteiger charge is -2.24. The SMILES string of the molecule is COc1cc(C(C(=O)O)N(C)CCC(=O)O)ccc1O. The summed E-state index contributed by atoms with van der Waals surface area (Å²) in [6.45, 7) is 0.0927. The number of carboxylic acids is 2. The summed E-state index contributed by atoms with van der Waals surface area (Å²) in [7, 11) is 2.89. The van der Waals surface area contributed by atoms with Crippen LogP contribution in [0.25, 0.3) is 0 Å². The van der Waals surface area contributed by atoms with Crippen LogP contribution in [0.15, 0.2) is 18.2 Å². The Labute approximate surface area is 116 Å². The molecule has 0 saturated carbocycles. The maximum atomic E-state index is 11.4. The molecule has 0 fully saturated rings. The summed E-state index contributed by atoms with van der Waals surface area (Å²) in [6.07, 6.45) is -0.157. The van der Waals surface area contributed by atoms with Gasteiger partial charge in [-0.15, -0.1) is 0 Å². The summed E-state index contributed by atoms with van der Waals surface area (Å²) in [5.41, 5.74) is 0.403. The molecule has 0 saturated heterocycles. The fourth-order valence-electron chi connectivity index (χ4n) is 1.85. The standard InChI is InChI=1S/C13H17NO6/c1-14(6-5-11(16)17)12(13(18)19)8-3-4-9(15)10(7-8)20-2/h3-4,7,12,15H,5-6H2,1-2H3,(H,16,17)(H,18,19). The van der Waals surface area contributed by atoms with Gasteiger partial charge in [0.25, 0.3) is 0 Å². The van der Waals surface area contributed by atoms with Gasteiger partial charge in [0.2, 0.25) is 0 Å². The first-order chi connectivity index (χ1) is 9.36. The van der Waals surface area contributed by atoms with Crippen molar-refractivity contribution in [1.82, 2.24) is 4.90 Å². The van der Waals surface area contributed by atoms with E-state index < -0.39 is 18.0 Å². The van der Waals surface area contributed by atoms with Gasteiger partial charge in [0, 0.05) is 6.54 Å². The highest BCUT2D eigenvalue weighted by molar-refractivity contribution is 5.76. The Bertz CT molecular complexity index is 502. The van der Waals surface area contributed by atoms with E-state index in [2.05, 4.69) is 0 Å². The van der Waals surface area contributed by atoms with Gasteiger partial charge in [-0.25, -0.2) is 0 Å². The number of phenolic OH excluding ortho intramolecular Hbond substituents is 1. The fraction of sp³-hybridized carbons (Fsp3) is 0.385. The lowest BCUT2D eigenvalue weighted by Crippen LogP contribution is -2.32. The number of carbonyl (C=O) groups is 2. The van der Waals surface area contributed by atoms with Gasteiger partial charge in [-0.1, -0.05) is 6.07 Å². The normalized spacial score (nSPS) is 12.2. The Hall–Kier alpha value is -2.28. The molecule has 0 aliphatic carbocycles. The van der Waals surface area contributed by atoms with E-state index in [4.69, 9.17) is 9.84 Å². The largest absolute Gasteiger partial charge is 0.504 e. The Balaban J connectivity index is 3.01. The van der Waals surface area contributed by atoms with Crippen molar-refractivity contribution in [2.24, 2.45) is 0 Å². The molecule has 1 aromatic rings. The minimum atomic E-state index is -1.11. The van der Waals surface area contributed by atoms with Gasteiger partial charge >= 0.3 is 11.9 Å². The van der Waals surface area contributed by atoms with Crippen molar-refractivity contribution in [3.05, 3.63) is 23.8 Å². The van der Waals surface area contributed by atoms with Gasteiger partial charge < -0.3 is 20.1 Å². The second-order valence-electron chi connectivity index (χ2n) is 4.30. The smallest absolute Gasteiger partial charge is 0.325 e. The molecular weight excluding hydrogens is 266 g/mol. The summed E-state index contributed by atoms with van der Waals surface area (Å²) in [5, 5.41) is 27.5. The summed E-state index contributed by atoms with van der Waals surface area (Å²) < 4.78 is 4.94. The average Bonchev–Trinajstić information content (AvgIpc) is 2.38. The highest BCUT2D eigenvalue weighted by atomic mass is 16.5. The fourth-order valence-corrected chi connectivity index (χ4v) is 1.85. The first-order valence-corrected chi connectivity index (χ1v) is 5.88. The highest BCUT2D eigenvalue weighted by Crippen LogP contribution is 2.30. The Morgan fingerprint density at radius 1 is 1.35 bits per heavy atom. The zero-order valence-corrected chi connectivity index (χ0v) is 11.2. The number of carboxylic acid groups (broad SMARTS) is 2. The summed E-state index contributed by atoms with van der Waals surface area (Å²) in [6, 6.07) is 3.22. The van der Waals surface area contributed by atoms with Crippen molar-refractivity contribution in [3.63, 3.8) is 0 Å². The van der Waals surface area contributed by atoms with E-state index in [1.165, 1.54) is 37.3 Å². The van der Waals surface area contributed by atoms with E-state index in [1.54, 1.807) is 0 Å². The minimum Gasteiger partial charge on any atom is -0.504 e. The summed E-state index contributed by atoms with van der Waals surface area (Å²) >= 11 is 0. The third kappa shape index (κ3) is 3.86. The molecule has 0 bridgehead atoms. The predicted octanol–water partition coefficient (Wildman–Crippen LogP) is 0.933. The van der Waals surface area contributed by atoms with Gasteiger partial charge in [-0.05, 0) is 24.7 Å². The number of aliphatic carboxylic acids is 2. The molecule has 1 unspecified atom stereocenters. The first kappa shape index (κ1) is 15.8. The van der Waals surface area contributed by atoms with E-state index in [0.717, 1.165) is 0 Å². The van der Waals surface area contributed by atoms with Gasteiger partial charge in [0.1, 0.15) is 6.04 Å². The molecule has 7 heteroatoms. The maximum Gasteiger partial charge on any atom is 0.325 e. The van der Waals surface area contributed by atoms with Crippen LogP contribution >= 0.6 is 0 Å². The van der Waals surface area contributed by atoms with Crippen LogP contribution < -0.4 is 4.74 Å². The Morgan fingerprint density at radius 3 is 2.50 bits per heavy atom. The average molecular weight is 283 g/mol. The van der Waals surface area contributed by atoms with Gasteiger partial charge in [0.05, 0.1) is 13.5 Å². The number of ether oxygens (including phenoxy) is 1. The number of rotatable bonds is 7. The third-order valence-electron chi connectivity index (χ3n) is 2.87. The zero-order valence-electron chi connectivity index (χ0n) is 11.2. The molecule has 1 rings (SSSR count). The van der Waals surface area contributed by atoms with Crippen LogP contribution in [-0.4, -0.2) is 52.9 Å². The number of likely N-dealkylation sites (N-methyl/N-ethyl adjacent to an activating group) is 1. The van der Waals surface area contributed by atoms with Crippen molar-refractivity contribution >= 4 is 11.9 Å².